The number of carbonyl (C=O) groups is 6. The first kappa shape index (κ1) is 44.3. The molecule has 0 aromatic heterocycles. The monoisotopic (exact) mass is 862 g/mol. The highest BCUT2D eigenvalue weighted by atomic mass is 16.7. The van der Waals surface area contributed by atoms with E-state index in [1.54, 1.807) is 12.2 Å². The van der Waals surface area contributed by atoms with Crippen LogP contribution in [-0.4, -0.2) is 112 Å². The number of hydrogen-bond donors (Lipinski definition) is 7. The normalized spacial score (nSPS) is 38.1. The molecule has 10 atom stereocenters. The summed E-state index contributed by atoms with van der Waals surface area (Å²) in [5.41, 5.74) is -1.09. The largest absolute Gasteiger partial charge is 0.481 e. The van der Waals surface area contributed by atoms with Crippen LogP contribution in [0.2, 0.25) is 0 Å². The van der Waals surface area contributed by atoms with E-state index in [9.17, 15) is 44.1 Å². The lowest BCUT2D eigenvalue weighted by Crippen LogP contribution is -2.65. The molecule has 5 aliphatic carbocycles. The average Bonchev–Trinajstić information content (AvgIpc) is 3.75. The van der Waals surface area contributed by atoms with Gasteiger partial charge in [0.2, 0.25) is 17.7 Å². The summed E-state index contributed by atoms with van der Waals surface area (Å²) < 4.78 is 19.9. The Morgan fingerprint density at radius 1 is 1.05 bits per heavy atom. The van der Waals surface area contributed by atoms with Crippen molar-refractivity contribution < 1.29 is 63.1 Å². The van der Waals surface area contributed by atoms with E-state index in [4.69, 9.17) is 20.1 Å². The van der Waals surface area contributed by atoms with E-state index in [0.717, 1.165) is 29.5 Å². The minimum Gasteiger partial charge on any atom is -0.481 e. The molecule has 62 heavy (non-hydrogen) atoms. The molecule has 9 rings (SSSR count). The highest BCUT2D eigenvalue weighted by molar-refractivity contribution is 6.01. The molecule has 8 aliphatic rings. The maximum Gasteiger partial charge on any atom is 0.303 e. The first-order valence-electron chi connectivity index (χ1n) is 21.7. The summed E-state index contributed by atoms with van der Waals surface area (Å²) >= 11 is 0. The highest BCUT2D eigenvalue weighted by Gasteiger charge is 2.76. The molecule has 3 saturated heterocycles. The van der Waals surface area contributed by atoms with Crippen molar-refractivity contribution in [2.75, 3.05) is 26.4 Å². The van der Waals surface area contributed by atoms with Crippen LogP contribution in [-0.2, 0) is 54.2 Å². The van der Waals surface area contributed by atoms with Crippen molar-refractivity contribution in [2.45, 2.75) is 126 Å². The molecule has 2 bridgehead atoms. The van der Waals surface area contributed by atoms with Gasteiger partial charge in [-0.3, -0.25) is 33.6 Å². The molecule has 3 heterocycles. The Morgan fingerprint density at radius 2 is 1.79 bits per heavy atom. The zero-order valence-corrected chi connectivity index (χ0v) is 35.2. The average molecular weight is 863 g/mol. The lowest BCUT2D eigenvalue weighted by molar-refractivity contribution is -0.201. The number of ether oxygens (including phenoxy) is 3. The van der Waals surface area contributed by atoms with Crippen LogP contribution in [0, 0.1) is 28.6 Å². The molecule has 7 fully saturated rings. The first-order chi connectivity index (χ1) is 29.5. The molecule has 0 unspecified atom stereocenters. The Morgan fingerprint density at radius 3 is 2.45 bits per heavy atom. The molecule has 0 radical (unpaired) electrons. The van der Waals surface area contributed by atoms with Gasteiger partial charge in [-0.15, -0.1) is 0 Å². The summed E-state index contributed by atoms with van der Waals surface area (Å²) in [6.45, 7) is 2.74. The zero-order valence-electron chi connectivity index (χ0n) is 35.2. The molecule has 1 aromatic rings. The van der Waals surface area contributed by atoms with E-state index in [2.05, 4.69) is 27.7 Å². The van der Waals surface area contributed by atoms with Crippen molar-refractivity contribution in [3.8, 4) is 0 Å². The number of amides is 3. The van der Waals surface area contributed by atoms with Crippen LogP contribution >= 0.6 is 0 Å². The van der Waals surface area contributed by atoms with Gasteiger partial charge in [-0.05, 0) is 87.3 Å². The number of Topliss-reactive ketones (excluding diaryl/α,β-unsaturated/α-hetero) is 1. The lowest BCUT2D eigenvalue weighted by Gasteiger charge is -2.59. The van der Waals surface area contributed by atoms with Crippen LogP contribution in [0.3, 0.4) is 0 Å². The molecule has 0 spiro atoms. The fourth-order valence-electron chi connectivity index (χ4n) is 12.6. The van der Waals surface area contributed by atoms with Gasteiger partial charge in [-0.1, -0.05) is 49.8 Å². The number of carboxylic acids is 1. The van der Waals surface area contributed by atoms with E-state index in [0.29, 0.717) is 44.9 Å². The fraction of sp³-hybridized carbons (Fsp3) is 0.644. The number of carboxylic acid groups (broad SMARTS) is 1. The number of carbonyl (C=O) groups excluding carboxylic acids is 5. The van der Waals surface area contributed by atoms with Gasteiger partial charge in [-0.2, -0.15) is 0 Å². The molecule has 3 aliphatic heterocycles. The summed E-state index contributed by atoms with van der Waals surface area (Å²) in [4.78, 5) is 79.5. The van der Waals surface area contributed by atoms with Crippen molar-refractivity contribution >= 4 is 35.3 Å². The van der Waals surface area contributed by atoms with Crippen molar-refractivity contribution in [1.29, 1.82) is 0 Å². The van der Waals surface area contributed by atoms with Crippen LogP contribution in [0.1, 0.15) is 95.5 Å². The summed E-state index contributed by atoms with van der Waals surface area (Å²) in [6.07, 6.45) is 8.01. The van der Waals surface area contributed by atoms with Crippen LogP contribution in [0.5, 0.6) is 0 Å². The number of rotatable bonds is 15. The first-order valence-corrected chi connectivity index (χ1v) is 21.7. The van der Waals surface area contributed by atoms with Gasteiger partial charge >= 0.3 is 5.97 Å². The maximum atomic E-state index is 14.0. The second-order valence-corrected chi connectivity index (χ2v) is 19.1. The number of fused-ring (bicyclic) bond motifs is 10. The summed E-state index contributed by atoms with van der Waals surface area (Å²) in [5.74, 6) is 1.36. The molecule has 4 saturated carbocycles. The maximum absolute atomic E-state index is 14.0. The smallest absolute Gasteiger partial charge is 0.303 e. The quantitative estimate of drug-likeness (QED) is 0.123. The van der Waals surface area contributed by atoms with E-state index in [-0.39, 0.29) is 43.0 Å². The second kappa shape index (κ2) is 16.6. The molecular formula is C45H58N4O13. The molecule has 17 heteroatoms. The number of aliphatic carboxylic acids is 1. The third-order valence-corrected chi connectivity index (χ3v) is 15.7. The topological polar surface area (TPSA) is 262 Å². The van der Waals surface area contributed by atoms with Crippen molar-refractivity contribution in [3.05, 3.63) is 59.2 Å². The van der Waals surface area contributed by atoms with E-state index in [1.807, 2.05) is 37.3 Å². The van der Waals surface area contributed by atoms with E-state index >= 15 is 0 Å². The number of hydrogen-bond acceptors (Lipinski definition) is 13. The Bertz CT molecular complexity index is 2030. The Hall–Kier alpha value is -4.36. The van der Waals surface area contributed by atoms with Crippen LogP contribution in [0.15, 0.2) is 48.1 Å². The summed E-state index contributed by atoms with van der Waals surface area (Å²) in [5, 5.41) is 39.5. The van der Waals surface area contributed by atoms with Crippen LogP contribution in [0.25, 0.3) is 0 Å². The van der Waals surface area contributed by atoms with Gasteiger partial charge in [-0.25, -0.2) is 5.90 Å². The summed E-state index contributed by atoms with van der Waals surface area (Å²) in [7, 11) is 0. The lowest BCUT2D eigenvalue weighted by atomic mass is 9.46. The Balaban J connectivity index is 0.901. The molecule has 1 aromatic carbocycles. The number of aliphatic hydroxyl groups is 2. The van der Waals surface area contributed by atoms with Gasteiger partial charge in [0.05, 0.1) is 36.5 Å². The number of nitrogens with one attached hydrogen (secondary N) is 3. The van der Waals surface area contributed by atoms with Gasteiger partial charge in [0.1, 0.15) is 19.3 Å². The van der Waals surface area contributed by atoms with Crippen molar-refractivity contribution in [3.63, 3.8) is 0 Å². The molecule has 8 N–H and O–H groups in total. The van der Waals surface area contributed by atoms with Crippen LogP contribution < -0.4 is 21.8 Å². The molecule has 17 nitrogen and oxygen atoms in total. The van der Waals surface area contributed by atoms with Crippen molar-refractivity contribution in [1.82, 2.24) is 16.0 Å². The van der Waals surface area contributed by atoms with Gasteiger partial charge in [0.15, 0.2) is 23.5 Å². The van der Waals surface area contributed by atoms with Gasteiger partial charge in [0, 0.05) is 35.2 Å². The second-order valence-electron chi connectivity index (χ2n) is 19.1. The van der Waals surface area contributed by atoms with Crippen LogP contribution in [0.4, 0.5) is 0 Å². The number of ketones is 2. The predicted molar refractivity (Wildman–Crippen MR) is 217 cm³/mol. The summed E-state index contributed by atoms with van der Waals surface area (Å²) in [6, 6.07) is 6.68. The molecule has 3 amide bonds. The Kier molecular flexibility index (Phi) is 11.9. The molecular weight excluding hydrogens is 805 g/mol. The number of nitrogens with two attached hydrogens (primary N) is 1. The Labute approximate surface area is 359 Å². The number of allylic oxidation sites excluding steroid dienone is 4. The number of benzene rings is 1. The zero-order chi connectivity index (χ0) is 44.2. The van der Waals surface area contributed by atoms with E-state index < -0.39 is 101 Å². The fourth-order valence-corrected chi connectivity index (χ4v) is 12.6. The predicted octanol–water partition coefficient (Wildman–Crippen LogP) is 1.39. The third kappa shape index (κ3) is 7.62. The SMILES string of the molecule is C[C@]12C=CC(=O)C=C1CC[C@@H]1[C@@H]2[C@@H](O)C[C@@]2(C)[C@H]1C[C@H]1O[C@@H](c3ccc(CC45CCC(NC(=O)[C@H](CCC(=O)O)NC(=O)CNC(=O)CON)(CC4)CO5)cc3)O[C@]12C(=O)CO. The minimum absolute atomic E-state index is 0.0100. The highest BCUT2D eigenvalue weighted by Crippen LogP contribution is 2.70. The minimum atomic E-state index is -1.45. The van der Waals surface area contributed by atoms with Crippen molar-refractivity contribution in [2.24, 2.45) is 34.5 Å². The van der Waals surface area contributed by atoms with E-state index in [1.165, 1.54) is 0 Å². The van der Waals surface area contributed by atoms with Gasteiger partial charge < -0.3 is 45.5 Å². The van der Waals surface area contributed by atoms with Gasteiger partial charge in [0.25, 0.3) is 0 Å². The standard InChI is InChI=1S/C45H58N4O13/c1-41-12-11-28(51)17-27(41)7-8-29-30-18-34-45(33(53)22-50,42(30,2)20-32(52)38(29)41)62-40(61-34)26-5-3-25(4-6-26)19-44-15-13-43(14-16-44,24-59-44)49-39(58)31(9-10-37(56)57)48-35(54)21-47-36(55)23-60-46/h3-6,11-12,17,29-32,34,38,40,50,52H,7-10,13-16,18-24,46H2,1-2H3,(H,47,55)(H,48,54)(H,49,58)(H,56,57)/t29-,30-,31-,32-,34+,38+,40+,41-,42-,43?,44?,45+/m0/s1. The number of aliphatic hydroxyl groups excluding tert-OH is 2. The molecule has 336 valence electrons. The third-order valence-electron chi connectivity index (χ3n) is 15.7.